The fourth-order valence-electron chi connectivity index (χ4n) is 2.01. The predicted molar refractivity (Wildman–Crippen MR) is 86.0 cm³/mol. The average molecular weight is 286 g/mol. The highest BCUT2D eigenvalue weighted by Crippen LogP contribution is 2.12. The van der Waals surface area contributed by atoms with Gasteiger partial charge in [-0.3, -0.25) is 0 Å². The van der Waals surface area contributed by atoms with Crippen LogP contribution in [0.3, 0.4) is 0 Å². The van der Waals surface area contributed by atoms with E-state index in [1.165, 1.54) is 12.0 Å². The molecule has 0 aliphatic heterocycles. The molecule has 2 aromatic rings. The molecule has 0 aliphatic rings. The molecule has 0 radical (unpaired) electrons. The van der Waals surface area contributed by atoms with Crippen molar-refractivity contribution in [2.75, 3.05) is 37.0 Å². The number of hydrogen-bond acceptors (Lipinski definition) is 5. The second kappa shape index (κ2) is 8.09. The Kier molecular flexibility index (Phi) is 5.82. The van der Waals surface area contributed by atoms with E-state index in [0.29, 0.717) is 12.5 Å². The molecule has 0 unspecified atom stereocenters. The molecule has 1 heterocycles. The van der Waals surface area contributed by atoms with Gasteiger partial charge in [-0.15, -0.1) is 0 Å². The van der Waals surface area contributed by atoms with Crippen molar-refractivity contribution in [1.82, 2.24) is 9.97 Å². The highest BCUT2D eigenvalue weighted by atomic mass is 16.5. The maximum absolute atomic E-state index is 5.35. The molecule has 21 heavy (non-hydrogen) atoms. The summed E-state index contributed by atoms with van der Waals surface area (Å²) in [6, 6.07) is 12.2. The minimum atomic E-state index is 0.608. The van der Waals surface area contributed by atoms with Crippen molar-refractivity contribution in [1.29, 1.82) is 0 Å². The quantitative estimate of drug-likeness (QED) is 0.756. The van der Waals surface area contributed by atoms with Gasteiger partial charge in [0.25, 0.3) is 0 Å². The molecule has 5 heteroatoms. The number of para-hydroxylation sites is 1. The molecule has 1 aromatic heterocycles. The molecule has 0 spiro atoms. The van der Waals surface area contributed by atoms with Gasteiger partial charge in [-0.05, 0) is 25.5 Å². The monoisotopic (exact) mass is 286 g/mol. The SMILES string of the molecule is CCOc1cc(NCCCN(C)c2ccccc2)ncn1. The summed E-state index contributed by atoms with van der Waals surface area (Å²) in [6.07, 6.45) is 2.54. The number of rotatable bonds is 8. The lowest BCUT2D eigenvalue weighted by Gasteiger charge is -2.19. The van der Waals surface area contributed by atoms with Crippen LogP contribution in [0.2, 0.25) is 0 Å². The van der Waals surface area contributed by atoms with Crippen LogP contribution in [-0.4, -0.2) is 36.7 Å². The fourth-order valence-corrected chi connectivity index (χ4v) is 2.01. The standard InChI is InChI=1S/C16H22N4O/c1-3-21-16-12-15(18-13-19-16)17-10-7-11-20(2)14-8-5-4-6-9-14/h4-6,8-9,12-13H,3,7,10-11H2,1-2H3,(H,17,18,19). The van der Waals surface area contributed by atoms with Gasteiger partial charge < -0.3 is 15.0 Å². The van der Waals surface area contributed by atoms with Crippen molar-refractivity contribution in [3.05, 3.63) is 42.7 Å². The third kappa shape index (κ3) is 4.95. The number of hydrogen-bond donors (Lipinski definition) is 1. The highest BCUT2D eigenvalue weighted by Gasteiger charge is 2.01. The molecule has 2 rings (SSSR count). The molecular formula is C16H22N4O. The number of nitrogens with one attached hydrogen (secondary N) is 1. The summed E-state index contributed by atoms with van der Waals surface area (Å²) in [5.74, 6) is 1.41. The molecule has 0 saturated carbocycles. The second-order valence-electron chi connectivity index (χ2n) is 4.71. The maximum Gasteiger partial charge on any atom is 0.218 e. The van der Waals surface area contributed by atoms with Crippen LogP contribution in [0.25, 0.3) is 0 Å². The molecule has 1 N–H and O–H groups in total. The van der Waals surface area contributed by atoms with Crippen molar-refractivity contribution < 1.29 is 4.74 Å². The molecule has 0 fully saturated rings. The van der Waals surface area contributed by atoms with Crippen molar-refractivity contribution >= 4 is 11.5 Å². The Morgan fingerprint density at radius 3 is 2.76 bits per heavy atom. The van der Waals surface area contributed by atoms with E-state index in [-0.39, 0.29) is 0 Å². The number of anilines is 2. The zero-order valence-electron chi connectivity index (χ0n) is 12.6. The van der Waals surface area contributed by atoms with Gasteiger partial charge in [0.2, 0.25) is 5.88 Å². The Labute approximate surface area is 126 Å². The molecule has 5 nitrogen and oxygen atoms in total. The minimum Gasteiger partial charge on any atom is -0.478 e. The van der Waals surface area contributed by atoms with Crippen molar-refractivity contribution in [2.24, 2.45) is 0 Å². The van der Waals surface area contributed by atoms with E-state index in [1.54, 1.807) is 0 Å². The minimum absolute atomic E-state index is 0.608. The Morgan fingerprint density at radius 1 is 1.19 bits per heavy atom. The van der Waals surface area contributed by atoms with Gasteiger partial charge in [0.15, 0.2) is 0 Å². The summed E-state index contributed by atoms with van der Waals surface area (Å²) in [7, 11) is 2.10. The second-order valence-corrected chi connectivity index (χ2v) is 4.71. The summed E-state index contributed by atoms with van der Waals surface area (Å²) >= 11 is 0. The normalized spacial score (nSPS) is 10.2. The van der Waals surface area contributed by atoms with E-state index in [0.717, 1.165) is 25.3 Å². The molecule has 1 aromatic carbocycles. The van der Waals surface area contributed by atoms with Gasteiger partial charge in [-0.1, -0.05) is 18.2 Å². The lowest BCUT2D eigenvalue weighted by Crippen LogP contribution is -2.20. The number of benzene rings is 1. The zero-order chi connectivity index (χ0) is 14.9. The maximum atomic E-state index is 5.35. The van der Waals surface area contributed by atoms with Crippen LogP contribution in [-0.2, 0) is 0 Å². The first-order valence-corrected chi connectivity index (χ1v) is 7.24. The lowest BCUT2D eigenvalue weighted by atomic mass is 10.3. The lowest BCUT2D eigenvalue weighted by molar-refractivity contribution is 0.326. The Hall–Kier alpha value is -2.30. The highest BCUT2D eigenvalue weighted by molar-refractivity contribution is 5.45. The van der Waals surface area contributed by atoms with Gasteiger partial charge in [-0.2, -0.15) is 0 Å². The van der Waals surface area contributed by atoms with Crippen LogP contribution in [0.5, 0.6) is 5.88 Å². The van der Waals surface area contributed by atoms with Crippen LogP contribution in [0.4, 0.5) is 11.5 Å². The van der Waals surface area contributed by atoms with Crippen LogP contribution in [0, 0.1) is 0 Å². The van der Waals surface area contributed by atoms with E-state index < -0.39 is 0 Å². The first-order valence-electron chi connectivity index (χ1n) is 7.24. The topological polar surface area (TPSA) is 50.3 Å². The molecular weight excluding hydrogens is 264 g/mol. The van der Waals surface area contributed by atoms with E-state index in [9.17, 15) is 0 Å². The first-order chi connectivity index (χ1) is 10.3. The summed E-state index contributed by atoms with van der Waals surface area (Å²) < 4.78 is 5.35. The third-order valence-corrected chi connectivity index (χ3v) is 3.11. The van der Waals surface area contributed by atoms with Crippen LogP contribution in [0.15, 0.2) is 42.7 Å². The molecule has 0 aliphatic carbocycles. The number of nitrogens with zero attached hydrogens (tertiary/aromatic N) is 3. The van der Waals surface area contributed by atoms with Crippen molar-refractivity contribution in [2.45, 2.75) is 13.3 Å². The first kappa shape index (κ1) is 15.1. The summed E-state index contributed by atoms with van der Waals surface area (Å²) in [6.45, 7) is 4.40. The predicted octanol–water partition coefficient (Wildman–Crippen LogP) is 2.81. The average Bonchev–Trinajstić information content (AvgIpc) is 2.53. The summed E-state index contributed by atoms with van der Waals surface area (Å²) in [4.78, 5) is 10.5. The Morgan fingerprint density at radius 2 is 2.00 bits per heavy atom. The summed E-state index contributed by atoms with van der Waals surface area (Å²) in [5.41, 5.74) is 1.23. The van der Waals surface area contributed by atoms with Gasteiger partial charge in [0.05, 0.1) is 6.61 Å². The van der Waals surface area contributed by atoms with Crippen molar-refractivity contribution in [3.63, 3.8) is 0 Å². The fraction of sp³-hybridized carbons (Fsp3) is 0.375. The summed E-state index contributed by atoms with van der Waals surface area (Å²) in [5, 5.41) is 3.29. The van der Waals surface area contributed by atoms with Gasteiger partial charge >= 0.3 is 0 Å². The molecule has 0 saturated heterocycles. The molecule has 0 bridgehead atoms. The van der Waals surface area contributed by atoms with Crippen LogP contribution in [0.1, 0.15) is 13.3 Å². The molecule has 0 amide bonds. The largest absolute Gasteiger partial charge is 0.478 e. The number of aromatic nitrogens is 2. The van der Waals surface area contributed by atoms with Crippen molar-refractivity contribution in [3.8, 4) is 5.88 Å². The number of ether oxygens (including phenoxy) is 1. The Bertz CT molecular complexity index is 533. The van der Waals surface area contributed by atoms with E-state index in [2.05, 4.69) is 51.5 Å². The smallest absolute Gasteiger partial charge is 0.218 e. The van der Waals surface area contributed by atoms with E-state index >= 15 is 0 Å². The van der Waals surface area contributed by atoms with Crippen LogP contribution >= 0.6 is 0 Å². The molecule has 0 atom stereocenters. The third-order valence-electron chi connectivity index (χ3n) is 3.11. The zero-order valence-corrected chi connectivity index (χ0v) is 12.6. The van der Waals surface area contributed by atoms with Gasteiger partial charge in [-0.25, -0.2) is 9.97 Å². The van der Waals surface area contributed by atoms with E-state index in [1.807, 2.05) is 19.1 Å². The van der Waals surface area contributed by atoms with E-state index in [4.69, 9.17) is 4.74 Å². The van der Waals surface area contributed by atoms with Gasteiger partial charge in [0, 0.05) is 31.9 Å². The van der Waals surface area contributed by atoms with Gasteiger partial charge in [0.1, 0.15) is 12.1 Å². The molecule has 112 valence electrons. The van der Waals surface area contributed by atoms with Crippen LogP contribution < -0.4 is 15.0 Å². The Balaban J connectivity index is 1.73.